The number of ether oxygens (including phenoxy) is 1. The van der Waals surface area contributed by atoms with E-state index in [1.807, 2.05) is 36.7 Å². The van der Waals surface area contributed by atoms with E-state index in [0.717, 1.165) is 16.9 Å². The molecule has 1 aliphatic carbocycles. The number of halogens is 1. The molecule has 8 heteroatoms. The third-order valence-corrected chi connectivity index (χ3v) is 4.67. The average Bonchev–Trinajstić information content (AvgIpc) is 3.32. The molecule has 3 aromatic rings. The molecule has 1 aliphatic rings. The molecule has 7 nitrogen and oxygen atoms in total. The Balaban J connectivity index is 0.000000330. The van der Waals surface area contributed by atoms with Gasteiger partial charge in [-0.15, -0.1) is 0 Å². The van der Waals surface area contributed by atoms with Crippen LogP contribution in [-0.2, 0) is 9.53 Å². The smallest absolute Gasteiger partial charge is 0.302 e. The molecule has 1 saturated carbocycles. The summed E-state index contributed by atoms with van der Waals surface area (Å²) in [4.78, 5) is 23.0. The molecule has 0 amide bonds. The Hall–Kier alpha value is -2.67. The molecular formula is C20H24ClN5O2. The number of carbonyl (C=O) groups excluding carboxylic acids is 1. The van der Waals surface area contributed by atoms with Gasteiger partial charge in [-0.05, 0) is 43.5 Å². The van der Waals surface area contributed by atoms with Gasteiger partial charge in [0.25, 0.3) is 0 Å². The molecule has 1 N–H and O–H groups in total. The van der Waals surface area contributed by atoms with Crippen LogP contribution in [0.4, 0.5) is 11.5 Å². The number of benzene rings is 1. The summed E-state index contributed by atoms with van der Waals surface area (Å²) in [6.07, 6.45) is 6.74. The van der Waals surface area contributed by atoms with E-state index >= 15 is 0 Å². The van der Waals surface area contributed by atoms with Gasteiger partial charge in [-0.2, -0.15) is 9.97 Å². The van der Waals surface area contributed by atoms with Gasteiger partial charge >= 0.3 is 5.97 Å². The lowest BCUT2D eigenvalue weighted by atomic mass is 10.2. The van der Waals surface area contributed by atoms with Crippen LogP contribution in [0.2, 0.25) is 5.28 Å². The van der Waals surface area contributed by atoms with E-state index in [9.17, 15) is 4.79 Å². The first-order valence-corrected chi connectivity index (χ1v) is 9.81. The third-order valence-electron chi connectivity index (χ3n) is 4.50. The minimum absolute atomic E-state index is 0.211. The van der Waals surface area contributed by atoms with Gasteiger partial charge in [-0.1, -0.05) is 31.0 Å². The van der Waals surface area contributed by atoms with Crippen molar-refractivity contribution < 1.29 is 9.53 Å². The summed E-state index contributed by atoms with van der Waals surface area (Å²) in [7, 11) is 0. The summed E-state index contributed by atoms with van der Waals surface area (Å²) in [6, 6.07) is 10.4. The van der Waals surface area contributed by atoms with Crippen molar-refractivity contribution in [1.29, 1.82) is 0 Å². The van der Waals surface area contributed by atoms with Crippen molar-refractivity contribution in [2.24, 2.45) is 0 Å². The van der Waals surface area contributed by atoms with Crippen LogP contribution >= 0.6 is 11.6 Å². The number of anilines is 2. The topological polar surface area (TPSA) is 81.9 Å². The molecule has 0 radical (unpaired) electrons. The number of fused-ring (bicyclic) bond motifs is 1. The van der Waals surface area contributed by atoms with Crippen molar-refractivity contribution in [1.82, 2.24) is 19.5 Å². The summed E-state index contributed by atoms with van der Waals surface area (Å²) in [6.45, 7) is 3.65. The zero-order valence-corrected chi connectivity index (χ0v) is 16.8. The number of hydrogen-bond donors (Lipinski definition) is 1. The Morgan fingerprint density at radius 1 is 1.25 bits per heavy atom. The van der Waals surface area contributed by atoms with E-state index in [1.54, 1.807) is 6.92 Å². The van der Waals surface area contributed by atoms with Gasteiger partial charge in [0.2, 0.25) is 5.28 Å². The molecule has 0 bridgehead atoms. The van der Waals surface area contributed by atoms with E-state index in [1.165, 1.54) is 32.6 Å². The maximum Gasteiger partial charge on any atom is 0.302 e. The zero-order chi connectivity index (χ0) is 19.9. The maximum atomic E-state index is 9.82. The van der Waals surface area contributed by atoms with Gasteiger partial charge in [-0.3, -0.25) is 4.79 Å². The minimum Gasteiger partial charge on any atom is -0.466 e. The average molecular weight is 402 g/mol. The summed E-state index contributed by atoms with van der Waals surface area (Å²) >= 11 is 6.12. The van der Waals surface area contributed by atoms with E-state index in [-0.39, 0.29) is 11.3 Å². The summed E-state index contributed by atoms with van der Waals surface area (Å²) in [5.41, 5.74) is 2.53. The Bertz CT molecular complexity index is 923. The van der Waals surface area contributed by atoms with Crippen LogP contribution in [0.25, 0.3) is 11.2 Å². The molecular weight excluding hydrogens is 378 g/mol. The molecule has 4 rings (SSSR count). The highest BCUT2D eigenvalue weighted by atomic mass is 35.5. The first-order valence-electron chi connectivity index (χ1n) is 9.44. The van der Waals surface area contributed by atoms with Crippen LogP contribution in [0, 0.1) is 0 Å². The van der Waals surface area contributed by atoms with Gasteiger partial charge in [0, 0.05) is 18.7 Å². The Morgan fingerprint density at radius 3 is 2.57 bits per heavy atom. The predicted molar refractivity (Wildman–Crippen MR) is 110 cm³/mol. The lowest BCUT2D eigenvalue weighted by Gasteiger charge is -2.12. The van der Waals surface area contributed by atoms with E-state index < -0.39 is 0 Å². The van der Waals surface area contributed by atoms with Crippen molar-refractivity contribution >= 4 is 40.2 Å². The molecule has 0 atom stereocenters. The van der Waals surface area contributed by atoms with E-state index in [0.29, 0.717) is 18.5 Å². The molecule has 28 heavy (non-hydrogen) atoms. The van der Waals surface area contributed by atoms with Crippen molar-refractivity contribution in [3.05, 3.63) is 41.9 Å². The minimum atomic E-state index is -0.211. The van der Waals surface area contributed by atoms with Crippen LogP contribution in [0.5, 0.6) is 0 Å². The molecule has 0 saturated heterocycles. The van der Waals surface area contributed by atoms with Crippen LogP contribution in [-0.4, -0.2) is 32.1 Å². The summed E-state index contributed by atoms with van der Waals surface area (Å²) in [5.74, 6) is 0.440. The summed E-state index contributed by atoms with van der Waals surface area (Å²) < 4.78 is 6.55. The number of para-hydroxylation sites is 1. The monoisotopic (exact) mass is 401 g/mol. The molecule has 2 heterocycles. The highest BCUT2D eigenvalue weighted by Gasteiger charge is 2.21. The van der Waals surface area contributed by atoms with E-state index in [4.69, 9.17) is 11.6 Å². The lowest BCUT2D eigenvalue weighted by molar-refractivity contribution is -0.140. The number of esters is 1. The standard InChI is InChI=1S/C16H16ClN5.C4H8O2/c17-16-20-14(19-11-6-2-1-3-7-11)13-15(21-16)22(10-18-13)12-8-4-5-9-12;1-3-6-4(2)5/h1-3,6-7,10,12H,4-5,8-9H2,(H,19,20,21);3H2,1-2H3. The number of nitrogens with zero attached hydrogens (tertiary/aromatic N) is 4. The van der Waals surface area contributed by atoms with Gasteiger partial charge < -0.3 is 14.6 Å². The van der Waals surface area contributed by atoms with Gasteiger partial charge in [-0.25, -0.2) is 4.98 Å². The van der Waals surface area contributed by atoms with Crippen LogP contribution in [0.15, 0.2) is 36.7 Å². The molecule has 1 fully saturated rings. The number of nitrogens with one attached hydrogen (secondary N) is 1. The molecule has 2 aromatic heterocycles. The van der Waals surface area contributed by atoms with Gasteiger partial charge in [0.15, 0.2) is 17.0 Å². The Morgan fingerprint density at radius 2 is 1.96 bits per heavy atom. The number of imidazole rings is 1. The molecule has 0 unspecified atom stereocenters. The Kier molecular flexibility index (Phi) is 6.81. The predicted octanol–water partition coefficient (Wildman–Crippen LogP) is 4.91. The fourth-order valence-electron chi connectivity index (χ4n) is 3.29. The fraction of sp³-hybridized carbons (Fsp3) is 0.400. The number of carbonyl (C=O) groups is 1. The SMILES string of the molecule is CCOC(C)=O.Clc1nc(Nc2ccccc2)c2ncn(C3CCCC3)c2n1. The van der Waals surface area contributed by atoms with Crippen molar-refractivity contribution in [2.75, 3.05) is 11.9 Å². The number of rotatable bonds is 4. The van der Waals surface area contributed by atoms with Crippen molar-refractivity contribution in [3.8, 4) is 0 Å². The van der Waals surface area contributed by atoms with Crippen LogP contribution in [0.1, 0.15) is 45.6 Å². The number of aromatic nitrogens is 4. The maximum absolute atomic E-state index is 9.82. The first-order chi connectivity index (χ1) is 13.6. The highest BCUT2D eigenvalue weighted by molar-refractivity contribution is 6.28. The number of hydrogen-bond acceptors (Lipinski definition) is 6. The van der Waals surface area contributed by atoms with Crippen molar-refractivity contribution in [3.63, 3.8) is 0 Å². The lowest BCUT2D eigenvalue weighted by Crippen LogP contribution is -2.05. The molecule has 1 aromatic carbocycles. The normalized spacial score (nSPS) is 13.8. The second-order valence-electron chi connectivity index (χ2n) is 6.52. The highest BCUT2D eigenvalue weighted by Crippen LogP contribution is 2.33. The first kappa shape index (κ1) is 20.1. The second kappa shape index (κ2) is 9.50. The Labute approximate surface area is 169 Å². The molecule has 0 spiro atoms. The second-order valence-corrected chi connectivity index (χ2v) is 6.86. The molecule has 148 valence electrons. The van der Waals surface area contributed by atoms with Gasteiger partial charge in [0.1, 0.15) is 0 Å². The fourth-order valence-corrected chi connectivity index (χ4v) is 3.45. The van der Waals surface area contributed by atoms with Crippen LogP contribution < -0.4 is 5.32 Å². The zero-order valence-electron chi connectivity index (χ0n) is 16.1. The largest absolute Gasteiger partial charge is 0.466 e. The molecule has 0 aliphatic heterocycles. The van der Waals surface area contributed by atoms with E-state index in [2.05, 4.69) is 29.6 Å². The van der Waals surface area contributed by atoms with Gasteiger partial charge in [0.05, 0.1) is 12.9 Å². The third kappa shape index (κ3) is 4.98. The quantitative estimate of drug-likeness (QED) is 0.494. The van der Waals surface area contributed by atoms with Crippen molar-refractivity contribution in [2.45, 2.75) is 45.6 Å². The van der Waals surface area contributed by atoms with Crippen LogP contribution in [0.3, 0.4) is 0 Å². The summed E-state index contributed by atoms with van der Waals surface area (Å²) in [5, 5.41) is 3.52.